The van der Waals surface area contributed by atoms with Gasteiger partial charge in [0.2, 0.25) is 5.91 Å². The summed E-state index contributed by atoms with van der Waals surface area (Å²) in [5, 5.41) is 5.89. The quantitative estimate of drug-likeness (QED) is 0.574. The Morgan fingerprint density at radius 2 is 1.66 bits per heavy atom. The minimum absolute atomic E-state index is 0.187. The smallest absolute Gasteiger partial charge is 0.341 e. The van der Waals surface area contributed by atoms with E-state index in [-0.39, 0.29) is 18.4 Å². The summed E-state index contributed by atoms with van der Waals surface area (Å²) in [5.74, 6) is -1.03. The van der Waals surface area contributed by atoms with Crippen LogP contribution in [0, 0.1) is 0 Å². The average Bonchev–Trinajstić information content (AvgIpc) is 3.13. The zero-order valence-electron chi connectivity index (χ0n) is 16.0. The Labute approximate surface area is 172 Å². The molecule has 2 amide bonds. The van der Waals surface area contributed by atoms with Gasteiger partial charge in [0.1, 0.15) is 5.00 Å². The SMILES string of the molecule is CCOC(=O)c1cc(-c2ccccc2)sc1NC(=O)c1ccc(NC(C)=O)cc1. The minimum atomic E-state index is -0.484. The number of carbonyl (C=O) groups excluding carboxylic acids is 3. The summed E-state index contributed by atoms with van der Waals surface area (Å²) in [6.07, 6.45) is 0. The number of carbonyl (C=O) groups is 3. The fraction of sp³-hybridized carbons (Fsp3) is 0.136. The maximum absolute atomic E-state index is 12.7. The zero-order chi connectivity index (χ0) is 20.8. The van der Waals surface area contributed by atoms with E-state index in [0.29, 0.717) is 21.8 Å². The van der Waals surface area contributed by atoms with E-state index in [4.69, 9.17) is 4.74 Å². The molecule has 6 nitrogen and oxygen atoms in total. The van der Waals surface area contributed by atoms with E-state index >= 15 is 0 Å². The van der Waals surface area contributed by atoms with Gasteiger partial charge in [-0.15, -0.1) is 11.3 Å². The fourth-order valence-corrected chi connectivity index (χ4v) is 3.72. The van der Waals surface area contributed by atoms with Gasteiger partial charge in [0, 0.05) is 23.1 Å². The number of ether oxygens (including phenoxy) is 1. The molecule has 1 heterocycles. The molecule has 0 aliphatic rings. The monoisotopic (exact) mass is 408 g/mol. The van der Waals surface area contributed by atoms with Crippen LogP contribution in [-0.4, -0.2) is 24.4 Å². The topological polar surface area (TPSA) is 84.5 Å². The lowest BCUT2D eigenvalue weighted by Crippen LogP contribution is -2.14. The van der Waals surface area contributed by atoms with Crippen LogP contribution in [0.4, 0.5) is 10.7 Å². The zero-order valence-corrected chi connectivity index (χ0v) is 16.8. The lowest BCUT2D eigenvalue weighted by Gasteiger charge is -2.07. The van der Waals surface area contributed by atoms with Crippen molar-refractivity contribution in [1.29, 1.82) is 0 Å². The maximum atomic E-state index is 12.7. The summed E-state index contributed by atoms with van der Waals surface area (Å²) < 4.78 is 5.13. The molecule has 3 rings (SSSR count). The van der Waals surface area contributed by atoms with Crippen LogP contribution in [-0.2, 0) is 9.53 Å². The molecule has 1 aromatic heterocycles. The lowest BCUT2D eigenvalue weighted by molar-refractivity contribution is -0.114. The highest BCUT2D eigenvalue weighted by molar-refractivity contribution is 7.20. The molecule has 0 unspecified atom stereocenters. The molecule has 2 N–H and O–H groups in total. The van der Waals surface area contributed by atoms with Gasteiger partial charge < -0.3 is 15.4 Å². The molecular formula is C22H20N2O4S. The van der Waals surface area contributed by atoms with Gasteiger partial charge in [-0.1, -0.05) is 30.3 Å². The van der Waals surface area contributed by atoms with E-state index in [1.54, 1.807) is 37.3 Å². The van der Waals surface area contributed by atoms with Crippen LogP contribution in [0.2, 0.25) is 0 Å². The number of benzene rings is 2. The van der Waals surface area contributed by atoms with Crippen molar-refractivity contribution in [3.8, 4) is 10.4 Å². The van der Waals surface area contributed by atoms with Crippen LogP contribution >= 0.6 is 11.3 Å². The molecule has 0 saturated heterocycles. The Morgan fingerprint density at radius 3 is 2.28 bits per heavy atom. The van der Waals surface area contributed by atoms with Crippen molar-refractivity contribution in [3.05, 3.63) is 71.8 Å². The molecule has 0 saturated carbocycles. The molecule has 0 bridgehead atoms. The molecule has 0 aliphatic heterocycles. The summed E-state index contributed by atoms with van der Waals surface area (Å²) in [4.78, 5) is 37.0. The third kappa shape index (κ3) is 5.08. The van der Waals surface area contributed by atoms with Gasteiger partial charge in [-0.2, -0.15) is 0 Å². The second kappa shape index (κ2) is 9.16. The predicted octanol–water partition coefficient (Wildman–Crippen LogP) is 4.80. The Morgan fingerprint density at radius 1 is 0.966 bits per heavy atom. The van der Waals surface area contributed by atoms with Gasteiger partial charge in [0.15, 0.2) is 0 Å². The van der Waals surface area contributed by atoms with E-state index in [9.17, 15) is 14.4 Å². The molecular weight excluding hydrogens is 388 g/mol. The van der Waals surface area contributed by atoms with Crippen LogP contribution in [0.5, 0.6) is 0 Å². The molecule has 0 fully saturated rings. The maximum Gasteiger partial charge on any atom is 0.341 e. The van der Waals surface area contributed by atoms with E-state index in [1.165, 1.54) is 18.3 Å². The molecule has 2 aromatic carbocycles. The van der Waals surface area contributed by atoms with E-state index < -0.39 is 5.97 Å². The molecule has 148 valence electrons. The third-order valence-electron chi connectivity index (χ3n) is 3.98. The highest BCUT2D eigenvalue weighted by atomic mass is 32.1. The highest BCUT2D eigenvalue weighted by Crippen LogP contribution is 2.36. The van der Waals surface area contributed by atoms with Crippen LogP contribution in [0.1, 0.15) is 34.6 Å². The summed E-state index contributed by atoms with van der Waals surface area (Å²) in [7, 11) is 0. The predicted molar refractivity (Wildman–Crippen MR) is 114 cm³/mol. The molecule has 0 radical (unpaired) electrons. The molecule has 0 spiro atoms. The first kappa shape index (κ1) is 20.3. The Hall–Kier alpha value is -3.45. The summed E-state index contributed by atoms with van der Waals surface area (Å²) in [6, 6.07) is 17.8. The summed E-state index contributed by atoms with van der Waals surface area (Å²) in [5.41, 5.74) is 2.27. The second-order valence-corrected chi connectivity index (χ2v) is 7.20. The van der Waals surface area contributed by atoms with Crippen LogP contribution in [0.25, 0.3) is 10.4 Å². The first-order valence-corrected chi connectivity index (χ1v) is 9.85. The van der Waals surface area contributed by atoms with E-state index in [0.717, 1.165) is 10.4 Å². The third-order valence-corrected chi connectivity index (χ3v) is 5.08. The molecule has 7 heteroatoms. The lowest BCUT2D eigenvalue weighted by atomic mass is 10.1. The van der Waals surface area contributed by atoms with Gasteiger partial charge in [0.25, 0.3) is 5.91 Å². The van der Waals surface area contributed by atoms with Gasteiger partial charge in [-0.25, -0.2) is 4.79 Å². The summed E-state index contributed by atoms with van der Waals surface area (Å²) in [6.45, 7) is 3.39. The number of amides is 2. The number of rotatable bonds is 6. The Balaban J connectivity index is 1.86. The summed E-state index contributed by atoms with van der Waals surface area (Å²) >= 11 is 1.31. The standard InChI is InChI=1S/C22H20N2O4S/c1-3-28-22(27)18-13-19(15-7-5-4-6-8-15)29-21(18)24-20(26)16-9-11-17(12-10-16)23-14(2)25/h4-13H,3H2,1-2H3,(H,23,25)(H,24,26). The number of hydrogen-bond donors (Lipinski definition) is 2. The number of esters is 1. The number of hydrogen-bond acceptors (Lipinski definition) is 5. The average molecular weight is 408 g/mol. The van der Waals surface area contributed by atoms with Crippen molar-refractivity contribution < 1.29 is 19.1 Å². The molecule has 0 aliphatic carbocycles. The first-order valence-electron chi connectivity index (χ1n) is 9.03. The van der Waals surface area contributed by atoms with Gasteiger partial charge in [-0.3, -0.25) is 9.59 Å². The number of thiophene rings is 1. The van der Waals surface area contributed by atoms with Crippen molar-refractivity contribution >= 4 is 39.8 Å². The van der Waals surface area contributed by atoms with Crippen molar-refractivity contribution in [2.45, 2.75) is 13.8 Å². The molecule has 3 aromatic rings. The Kier molecular flexibility index (Phi) is 6.41. The van der Waals surface area contributed by atoms with Crippen LogP contribution in [0.3, 0.4) is 0 Å². The molecule has 0 atom stereocenters. The van der Waals surface area contributed by atoms with Gasteiger partial charge in [0.05, 0.1) is 12.2 Å². The largest absolute Gasteiger partial charge is 0.462 e. The highest BCUT2D eigenvalue weighted by Gasteiger charge is 2.20. The van der Waals surface area contributed by atoms with Crippen molar-refractivity contribution in [2.75, 3.05) is 17.2 Å². The normalized spacial score (nSPS) is 10.3. The fourth-order valence-electron chi connectivity index (χ4n) is 2.67. The second-order valence-electron chi connectivity index (χ2n) is 6.15. The van der Waals surface area contributed by atoms with Gasteiger partial charge in [-0.05, 0) is 42.8 Å². The number of nitrogens with one attached hydrogen (secondary N) is 2. The van der Waals surface area contributed by atoms with Crippen molar-refractivity contribution in [2.24, 2.45) is 0 Å². The van der Waals surface area contributed by atoms with Gasteiger partial charge >= 0.3 is 5.97 Å². The van der Waals surface area contributed by atoms with E-state index in [2.05, 4.69) is 10.6 Å². The Bertz CT molecular complexity index is 1030. The van der Waals surface area contributed by atoms with Crippen LogP contribution < -0.4 is 10.6 Å². The first-order chi connectivity index (χ1) is 14.0. The number of anilines is 2. The minimum Gasteiger partial charge on any atom is -0.462 e. The van der Waals surface area contributed by atoms with Crippen molar-refractivity contribution in [3.63, 3.8) is 0 Å². The van der Waals surface area contributed by atoms with Crippen molar-refractivity contribution in [1.82, 2.24) is 0 Å². The van der Waals surface area contributed by atoms with E-state index in [1.807, 2.05) is 30.3 Å². The van der Waals surface area contributed by atoms with Crippen LogP contribution in [0.15, 0.2) is 60.7 Å². The molecule has 29 heavy (non-hydrogen) atoms.